The number of piperidine rings is 1. The second kappa shape index (κ2) is 11.8. The summed E-state index contributed by atoms with van der Waals surface area (Å²) in [5, 5.41) is 14.7. The zero-order valence-electron chi connectivity index (χ0n) is 15.6. The zero-order valence-corrected chi connectivity index (χ0v) is 15.6. The molecule has 1 fully saturated rings. The Morgan fingerprint density at radius 3 is 2.56 bits per heavy atom. The molecule has 0 aromatic carbocycles. The molecule has 144 valence electrons. The Kier molecular flexibility index (Phi) is 10.1. The fourth-order valence-electron chi connectivity index (χ4n) is 3.24. The standard InChI is InChI=1S/C18H33N3O4/c1-3-11-21(13-16(22)20-14(2)12-18(24)25)17(23)6-4-5-15-7-9-19-10-8-15/h14-15,19H,3-13H2,1-2H3,(H,20,22)(H,24,25)/t14-/m1/s1. The number of carboxylic acid groups (broad SMARTS) is 1. The van der Waals surface area contributed by atoms with Crippen LogP contribution in [0.15, 0.2) is 0 Å². The van der Waals surface area contributed by atoms with E-state index in [0.29, 0.717) is 18.9 Å². The highest BCUT2D eigenvalue weighted by molar-refractivity contribution is 5.85. The Labute approximate surface area is 150 Å². The summed E-state index contributed by atoms with van der Waals surface area (Å²) in [5.74, 6) is -0.535. The van der Waals surface area contributed by atoms with Crippen LogP contribution in [-0.2, 0) is 14.4 Å². The molecule has 1 atom stereocenters. The van der Waals surface area contributed by atoms with E-state index in [1.807, 2.05) is 6.92 Å². The van der Waals surface area contributed by atoms with E-state index in [1.54, 1.807) is 11.8 Å². The van der Waals surface area contributed by atoms with E-state index in [2.05, 4.69) is 10.6 Å². The molecule has 0 saturated carbocycles. The number of hydrogen-bond acceptors (Lipinski definition) is 4. The predicted molar refractivity (Wildman–Crippen MR) is 96.2 cm³/mol. The smallest absolute Gasteiger partial charge is 0.305 e. The van der Waals surface area contributed by atoms with Gasteiger partial charge >= 0.3 is 5.97 Å². The minimum absolute atomic E-state index is 0.00395. The van der Waals surface area contributed by atoms with Gasteiger partial charge in [0.05, 0.1) is 13.0 Å². The van der Waals surface area contributed by atoms with Gasteiger partial charge in [-0.15, -0.1) is 0 Å². The Hall–Kier alpha value is -1.63. The normalized spacial score (nSPS) is 16.2. The van der Waals surface area contributed by atoms with Crippen LogP contribution in [0.4, 0.5) is 0 Å². The number of carboxylic acids is 1. The molecule has 0 bridgehead atoms. The molecule has 1 aliphatic heterocycles. The fraction of sp³-hybridized carbons (Fsp3) is 0.833. The van der Waals surface area contributed by atoms with Gasteiger partial charge in [-0.25, -0.2) is 0 Å². The van der Waals surface area contributed by atoms with Gasteiger partial charge in [-0.05, 0) is 58.0 Å². The summed E-state index contributed by atoms with van der Waals surface area (Å²) < 4.78 is 0. The highest BCUT2D eigenvalue weighted by atomic mass is 16.4. The number of aliphatic carboxylic acids is 1. The van der Waals surface area contributed by atoms with Crippen molar-refractivity contribution >= 4 is 17.8 Å². The van der Waals surface area contributed by atoms with Gasteiger partial charge in [0, 0.05) is 19.0 Å². The van der Waals surface area contributed by atoms with Crippen LogP contribution >= 0.6 is 0 Å². The average molecular weight is 355 g/mol. The molecule has 2 amide bonds. The number of amides is 2. The van der Waals surface area contributed by atoms with Crippen LogP contribution in [0.5, 0.6) is 0 Å². The van der Waals surface area contributed by atoms with E-state index >= 15 is 0 Å². The molecular weight excluding hydrogens is 322 g/mol. The Morgan fingerprint density at radius 2 is 1.96 bits per heavy atom. The minimum Gasteiger partial charge on any atom is -0.481 e. The lowest BCUT2D eigenvalue weighted by atomic mass is 9.92. The van der Waals surface area contributed by atoms with Gasteiger partial charge in [-0.2, -0.15) is 0 Å². The third kappa shape index (κ3) is 9.43. The molecule has 0 aliphatic carbocycles. The molecule has 3 N–H and O–H groups in total. The lowest BCUT2D eigenvalue weighted by Gasteiger charge is -2.24. The predicted octanol–water partition coefficient (Wildman–Crippen LogP) is 1.37. The summed E-state index contributed by atoms with van der Waals surface area (Å²) >= 11 is 0. The van der Waals surface area contributed by atoms with Crippen molar-refractivity contribution in [1.29, 1.82) is 0 Å². The average Bonchev–Trinajstić information content (AvgIpc) is 2.54. The number of carbonyl (C=O) groups is 3. The van der Waals surface area contributed by atoms with Crippen molar-refractivity contribution in [2.75, 3.05) is 26.2 Å². The molecule has 7 nitrogen and oxygen atoms in total. The topological polar surface area (TPSA) is 98.7 Å². The summed E-state index contributed by atoms with van der Waals surface area (Å²) in [7, 11) is 0. The fourth-order valence-corrected chi connectivity index (χ4v) is 3.24. The van der Waals surface area contributed by atoms with E-state index in [-0.39, 0.29) is 24.8 Å². The highest BCUT2D eigenvalue weighted by Crippen LogP contribution is 2.19. The monoisotopic (exact) mass is 355 g/mol. The molecule has 7 heteroatoms. The quantitative estimate of drug-likeness (QED) is 0.520. The molecule has 1 aliphatic rings. The molecule has 25 heavy (non-hydrogen) atoms. The summed E-state index contributed by atoms with van der Waals surface area (Å²) in [4.78, 5) is 36.7. The molecule has 1 heterocycles. The Bertz CT molecular complexity index is 436. The first kappa shape index (κ1) is 21.4. The van der Waals surface area contributed by atoms with Gasteiger partial charge in [0.15, 0.2) is 0 Å². The maximum absolute atomic E-state index is 12.4. The second-order valence-electron chi connectivity index (χ2n) is 6.97. The third-order valence-corrected chi connectivity index (χ3v) is 4.53. The number of carbonyl (C=O) groups excluding carboxylic acids is 2. The van der Waals surface area contributed by atoms with Gasteiger partial charge in [-0.1, -0.05) is 6.92 Å². The van der Waals surface area contributed by atoms with Crippen LogP contribution in [0, 0.1) is 5.92 Å². The van der Waals surface area contributed by atoms with Crippen LogP contribution in [-0.4, -0.2) is 60.0 Å². The van der Waals surface area contributed by atoms with Crippen LogP contribution < -0.4 is 10.6 Å². The van der Waals surface area contributed by atoms with Crippen molar-refractivity contribution in [3.8, 4) is 0 Å². The van der Waals surface area contributed by atoms with Crippen molar-refractivity contribution in [2.24, 2.45) is 5.92 Å². The number of hydrogen-bond donors (Lipinski definition) is 3. The van der Waals surface area contributed by atoms with Gasteiger partial charge in [0.25, 0.3) is 0 Å². The van der Waals surface area contributed by atoms with Crippen molar-refractivity contribution in [1.82, 2.24) is 15.5 Å². The lowest BCUT2D eigenvalue weighted by molar-refractivity contribution is -0.139. The van der Waals surface area contributed by atoms with Gasteiger partial charge < -0.3 is 20.6 Å². The molecule has 0 radical (unpaired) electrons. The van der Waals surface area contributed by atoms with Crippen molar-refractivity contribution in [3.63, 3.8) is 0 Å². The van der Waals surface area contributed by atoms with Crippen molar-refractivity contribution in [3.05, 3.63) is 0 Å². The maximum atomic E-state index is 12.4. The summed E-state index contributed by atoms with van der Waals surface area (Å²) in [5.41, 5.74) is 0. The molecule has 1 saturated heterocycles. The van der Waals surface area contributed by atoms with Crippen LogP contribution in [0.25, 0.3) is 0 Å². The van der Waals surface area contributed by atoms with Crippen molar-refractivity contribution < 1.29 is 19.5 Å². The lowest BCUT2D eigenvalue weighted by Crippen LogP contribution is -2.44. The SMILES string of the molecule is CCCN(CC(=O)N[C@H](C)CC(=O)O)C(=O)CCCC1CCNCC1. The molecule has 0 aromatic heterocycles. The molecular formula is C18H33N3O4. The molecule has 1 rings (SSSR count). The van der Waals surface area contributed by atoms with Gasteiger partial charge in [-0.3, -0.25) is 14.4 Å². The second-order valence-corrected chi connectivity index (χ2v) is 6.97. The van der Waals surface area contributed by atoms with Gasteiger partial charge in [0.2, 0.25) is 11.8 Å². The highest BCUT2D eigenvalue weighted by Gasteiger charge is 2.19. The van der Waals surface area contributed by atoms with E-state index < -0.39 is 12.0 Å². The van der Waals surface area contributed by atoms with Gasteiger partial charge in [0.1, 0.15) is 0 Å². The summed E-state index contributed by atoms with van der Waals surface area (Å²) in [6.07, 6.45) is 5.42. The minimum atomic E-state index is -0.952. The van der Waals surface area contributed by atoms with E-state index in [9.17, 15) is 14.4 Å². The Balaban J connectivity index is 2.35. The summed E-state index contributed by atoms with van der Waals surface area (Å²) in [6.45, 7) is 6.30. The first-order valence-electron chi connectivity index (χ1n) is 9.42. The Morgan fingerprint density at radius 1 is 1.28 bits per heavy atom. The first-order valence-corrected chi connectivity index (χ1v) is 9.42. The number of nitrogens with zero attached hydrogens (tertiary/aromatic N) is 1. The first-order chi connectivity index (χ1) is 11.9. The molecule has 0 aromatic rings. The molecule has 0 unspecified atom stereocenters. The maximum Gasteiger partial charge on any atom is 0.305 e. The largest absolute Gasteiger partial charge is 0.481 e. The third-order valence-electron chi connectivity index (χ3n) is 4.53. The number of rotatable bonds is 11. The summed E-state index contributed by atoms with van der Waals surface area (Å²) in [6, 6.07) is -0.441. The van der Waals surface area contributed by atoms with Crippen molar-refractivity contribution in [2.45, 2.75) is 64.8 Å². The zero-order chi connectivity index (χ0) is 18.7. The van der Waals surface area contributed by atoms with E-state index in [1.165, 1.54) is 12.8 Å². The van der Waals surface area contributed by atoms with Crippen LogP contribution in [0.2, 0.25) is 0 Å². The van der Waals surface area contributed by atoms with E-state index in [4.69, 9.17) is 5.11 Å². The molecule has 0 spiro atoms. The van der Waals surface area contributed by atoms with Crippen LogP contribution in [0.3, 0.4) is 0 Å². The van der Waals surface area contributed by atoms with E-state index in [0.717, 1.165) is 32.4 Å². The number of nitrogens with one attached hydrogen (secondary N) is 2. The van der Waals surface area contributed by atoms with Crippen LogP contribution in [0.1, 0.15) is 58.8 Å².